The van der Waals surface area contributed by atoms with Gasteiger partial charge in [-0.2, -0.15) is 0 Å². The molecule has 0 aromatic heterocycles. The van der Waals surface area contributed by atoms with Crippen molar-refractivity contribution in [2.45, 2.75) is 17.9 Å². The van der Waals surface area contributed by atoms with Gasteiger partial charge in [-0.1, -0.05) is 60.7 Å². The molecule has 1 N–H and O–H groups in total. The van der Waals surface area contributed by atoms with Crippen molar-refractivity contribution in [1.29, 1.82) is 0 Å². The first-order valence-corrected chi connectivity index (χ1v) is 9.08. The number of piperazine rings is 1. The van der Waals surface area contributed by atoms with Crippen molar-refractivity contribution in [3.05, 3.63) is 71.8 Å². The van der Waals surface area contributed by atoms with Gasteiger partial charge in [-0.25, -0.2) is 4.79 Å². The molecule has 2 aliphatic rings. The van der Waals surface area contributed by atoms with E-state index in [1.54, 1.807) is 0 Å². The smallest absolute Gasteiger partial charge is 0.317 e. The van der Waals surface area contributed by atoms with Crippen molar-refractivity contribution in [3.8, 4) is 0 Å². The van der Waals surface area contributed by atoms with Gasteiger partial charge in [0.25, 0.3) is 0 Å². The summed E-state index contributed by atoms with van der Waals surface area (Å²) in [4.78, 5) is 16.9. The largest absolute Gasteiger partial charge is 0.334 e. The van der Waals surface area contributed by atoms with Crippen LogP contribution in [0.2, 0.25) is 0 Å². The fraction of sp³-hybridized carbons (Fsp3) is 0.381. The molecule has 25 heavy (non-hydrogen) atoms. The predicted octanol–water partition coefficient (Wildman–Crippen LogP) is 2.89. The Balaban J connectivity index is 1.49. The number of carbonyl (C=O) groups is 1. The van der Waals surface area contributed by atoms with Gasteiger partial charge in [-0.3, -0.25) is 0 Å². The SMILES string of the molecule is CN1CCN(C(=O)NC2[C@@H](c3ccccc3)[C@H]2c2ccccc2)CC1. The molecule has 2 amide bonds. The lowest BCUT2D eigenvalue weighted by atomic mass is 10.0. The van der Waals surface area contributed by atoms with Crippen LogP contribution < -0.4 is 5.32 Å². The molecular weight excluding hydrogens is 310 g/mol. The Kier molecular flexibility index (Phi) is 4.45. The van der Waals surface area contributed by atoms with Gasteiger partial charge in [0.15, 0.2) is 0 Å². The van der Waals surface area contributed by atoms with Crippen LogP contribution in [0.25, 0.3) is 0 Å². The van der Waals surface area contributed by atoms with Crippen molar-refractivity contribution in [2.24, 2.45) is 0 Å². The van der Waals surface area contributed by atoms with E-state index in [2.05, 4.69) is 65.8 Å². The highest BCUT2D eigenvalue weighted by molar-refractivity contribution is 5.76. The second-order valence-corrected chi connectivity index (χ2v) is 7.14. The number of nitrogens with zero attached hydrogens (tertiary/aromatic N) is 2. The molecule has 2 aromatic carbocycles. The van der Waals surface area contributed by atoms with Gasteiger partial charge in [0.2, 0.25) is 0 Å². The molecule has 1 heterocycles. The summed E-state index contributed by atoms with van der Waals surface area (Å²) in [5.41, 5.74) is 2.61. The molecule has 4 nitrogen and oxygen atoms in total. The van der Waals surface area contributed by atoms with E-state index in [1.807, 2.05) is 17.0 Å². The van der Waals surface area contributed by atoms with Gasteiger partial charge < -0.3 is 15.1 Å². The van der Waals surface area contributed by atoms with E-state index < -0.39 is 0 Å². The molecular formula is C21H25N3O. The fourth-order valence-corrected chi connectivity index (χ4v) is 3.91. The fourth-order valence-electron chi connectivity index (χ4n) is 3.91. The average Bonchev–Trinajstić information content (AvgIpc) is 3.37. The van der Waals surface area contributed by atoms with Gasteiger partial charge in [0, 0.05) is 44.1 Å². The van der Waals surface area contributed by atoms with E-state index >= 15 is 0 Å². The van der Waals surface area contributed by atoms with Crippen molar-refractivity contribution in [1.82, 2.24) is 15.1 Å². The van der Waals surface area contributed by atoms with Gasteiger partial charge in [-0.05, 0) is 18.2 Å². The van der Waals surface area contributed by atoms with E-state index in [0.29, 0.717) is 11.8 Å². The number of hydrogen-bond acceptors (Lipinski definition) is 2. The second kappa shape index (κ2) is 6.89. The van der Waals surface area contributed by atoms with Crippen LogP contribution in [0, 0.1) is 0 Å². The zero-order chi connectivity index (χ0) is 17.2. The topological polar surface area (TPSA) is 35.6 Å². The van der Waals surface area contributed by atoms with Crippen LogP contribution in [0.5, 0.6) is 0 Å². The standard InChI is InChI=1S/C21H25N3O/c1-23-12-14-24(15-13-23)21(25)22-20-18(16-8-4-2-5-9-16)19(20)17-10-6-3-7-11-17/h2-11,18-20H,12-15H2,1H3,(H,22,25)/t18-,19+,20?. The monoisotopic (exact) mass is 335 g/mol. The third-order valence-corrected chi connectivity index (χ3v) is 5.47. The lowest BCUT2D eigenvalue weighted by Gasteiger charge is -2.32. The first-order chi connectivity index (χ1) is 12.2. The van der Waals surface area contributed by atoms with Crippen LogP contribution in [0.15, 0.2) is 60.7 Å². The number of benzene rings is 2. The van der Waals surface area contributed by atoms with E-state index in [0.717, 1.165) is 26.2 Å². The molecule has 1 saturated heterocycles. The van der Waals surface area contributed by atoms with E-state index in [4.69, 9.17) is 0 Å². The number of hydrogen-bond donors (Lipinski definition) is 1. The number of nitrogens with one attached hydrogen (secondary N) is 1. The first-order valence-electron chi connectivity index (χ1n) is 9.08. The van der Waals surface area contributed by atoms with Crippen LogP contribution >= 0.6 is 0 Å². The van der Waals surface area contributed by atoms with Gasteiger partial charge >= 0.3 is 6.03 Å². The molecule has 0 spiro atoms. The quantitative estimate of drug-likeness (QED) is 0.936. The van der Waals surface area contributed by atoms with Crippen LogP contribution in [-0.4, -0.2) is 55.1 Å². The summed E-state index contributed by atoms with van der Waals surface area (Å²) in [6.45, 7) is 3.51. The van der Waals surface area contributed by atoms with Gasteiger partial charge in [0.1, 0.15) is 0 Å². The minimum absolute atomic E-state index is 0.0810. The molecule has 4 heteroatoms. The van der Waals surface area contributed by atoms with Gasteiger partial charge in [0.05, 0.1) is 0 Å². The van der Waals surface area contributed by atoms with Crippen molar-refractivity contribution in [2.75, 3.05) is 33.2 Å². The van der Waals surface area contributed by atoms with Crippen LogP contribution in [0.4, 0.5) is 4.79 Å². The first kappa shape index (κ1) is 16.2. The molecule has 1 aliphatic carbocycles. The normalized spacial score (nSPS) is 26.3. The average molecular weight is 335 g/mol. The van der Waals surface area contributed by atoms with Crippen molar-refractivity contribution >= 4 is 6.03 Å². The number of amides is 2. The summed E-state index contributed by atoms with van der Waals surface area (Å²) in [6.07, 6.45) is 0. The molecule has 0 radical (unpaired) electrons. The predicted molar refractivity (Wildman–Crippen MR) is 99.8 cm³/mol. The summed E-state index contributed by atoms with van der Waals surface area (Å²) in [6, 6.07) is 21.3. The van der Waals surface area contributed by atoms with Crippen molar-refractivity contribution in [3.63, 3.8) is 0 Å². The summed E-state index contributed by atoms with van der Waals surface area (Å²) < 4.78 is 0. The maximum absolute atomic E-state index is 12.7. The highest BCUT2D eigenvalue weighted by Gasteiger charge is 2.52. The number of likely N-dealkylation sites (N-methyl/N-ethyl adjacent to an activating group) is 1. The van der Waals surface area contributed by atoms with Gasteiger partial charge in [-0.15, -0.1) is 0 Å². The van der Waals surface area contributed by atoms with Crippen LogP contribution in [0.1, 0.15) is 23.0 Å². The second-order valence-electron chi connectivity index (χ2n) is 7.14. The number of rotatable bonds is 3. The molecule has 1 saturated carbocycles. The minimum atomic E-state index is 0.0810. The Morgan fingerprint density at radius 3 is 1.80 bits per heavy atom. The molecule has 2 fully saturated rings. The highest BCUT2D eigenvalue weighted by Crippen LogP contribution is 2.54. The summed E-state index contributed by atoms with van der Waals surface area (Å²) >= 11 is 0. The zero-order valence-electron chi connectivity index (χ0n) is 14.6. The van der Waals surface area contributed by atoms with E-state index in [1.165, 1.54) is 11.1 Å². The molecule has 3 atom stereocenters. The molecule has 1 aliphatic heterocycles. The van der Waals surface area contributed by atoms with Crippen molar-refractivity contribution < 1.29 is 4.79 Å². The molecule has 4 rings (SSSR count). The maximum Gasteiger partial charge on any atom is 0.317 e. The summed E-state index contributed by atoms with van der Waals surface area (Å²) in [5.74, 6) is 0.722. The zero-order valence-corrected chi connectivity index (χ0v) is 14.6. The van der Waals surface area contributed by atoms with E-state index in [9.17, 15) is 4.79 Å². The Labute approximate surface area is 149 Å². The third kappa shape index (κ3) is 3.40. The Morgan fingerprint density at radius 1 is 0.840 bits per heavy atom. The number of carbonyl (C=O) groups excluding carboxylic acids is 1. The van der Waals surface area contributed by atoms with Crippen LogP contribution in [-0.2, 0) is 0 Å². The lowest BCUT2D eigenvalue weighted by molar-refractivity contribution is 0.154. The summed E-state index contributed by atoms with van der Waals surface area (Å²) in [7, 11) is 2.10. The van der Waals surface area contributed by atoms with Crippen LogP contribution in [0.3, 0.4) is 0 Å². The van der Waals surface area contributed by atoms with E-state index in [-0.39, 0.29) is 12.1 Å². The third-order valence-electron chi connectivity index (χ3n) is 5.47. The maximum atomic E-state index is 12.7. The Bertz CT molecular complexity index is 665. The molecule has 1 unspecified atom stereocenters. The Hall–Kier alpha value is -2.33. The lowest BCUT2D eigenvalue weighted by Crippen LogP contribution is -2.51. The minimum Gasteiger partial charge on any atom is -0.334 e. The Morgan fingerprint density at radius 2 is 1.32 bits per heavy atom. The molecule has 0 bridgehead atoms. The number of urea groups is 1. The highest BCUT2D eigenvalue weighted by atomic mass is 16.2. The summed E-state index contributed by atoms with van der Waals surface area (Å²) in [5, 5.41) is 3.30. The molecule has 2 aromatic rings. The molecule has 130 valence electrons.